The number of aromatic nitrogens is 3. The summed E-state index contributed by atoms with van der Waals surface area (Å²) in [6.07, 6.45) is 8.36. The fourth-order valence-electron chi connectivity index (χ4n) is 4.18. The quantitative estimate of drug-likeness (QED) is 0.503. The molecule has 4 rings (SSSR count). The summed E-state index contributed by atoms with van der Waals surface area (Å²) in [5.41, 5.74) is 4.03. The Morgan fingerprint density at radius 3 is 2.86 bits per heavy atom. The van der Waals surface area contributed by atoms with Gasteiger partial charge in [-0.2, -0.15) is 0 Å². The number of aryl methyl sites for hydroxylation is 1. The van der Waals surface area contributed by atoms with E-state index in [0.29, 0.717) is 0 Å². The van der Waals surface area contributed by atoms with Crippen molar-refractivity contribution in [1.82, 2.24) is 19.9 Å². The van der Waals surface area contributed by atoms with Gasteiger partial charge in [0.05, 0.1) is 11.0 Å². The molecule has 0 spiro atoms. The zero-order valence-corrected chi connectivity index (χ0v) is 18.1. The average molecular weight is 412 g/mol. The number of fused-ring (bicyclic) bond motifs is 1. The standard InChI is InChI=1S/C23H30ClN5/c1-16-13-19(24)15-20-22(16)28-23(27-20)18-6-10-26-21(14-18)25-9-4-3-5-17-7-11-29(2)12-8-17/h6,10,13-15,17H,3-5,7-9,11-12H2,1-2H3,(H,25,26)(H,27,28). The van der Waals surface area contributed by atoms with Gasteiger partial charge in [-0.25, -0.2) is 9.97 Å². The van der Waals surface area contributed by atoms with E-state index < -0.39 is 0 Å². The minimum atomic E-state index is 0.725. The molecule has 1 saturated heterocycles. The lowest BCUT2D eigenvalue weighted by Gasteiger charge is -2.28. The highest BCUT2D eigenvalue weighted by Gasteiger charge is 2.15. The summed E-state index contributed by atoms with van der Waals surface area (Å²) in [7, 11) is 2.23. The van der Waals surface area contributed by atoms with Crippen LogP contribution in [0.1, 0.15) is 37.7 Å². The highest BCUT2D eigenvalue weighted by atomic mass is 35.5. The lowest BCUT2D eigenvalue weighted by molar-refractivity contribution is 0.210. The zero-order chi connectivity index (χ0) is 20.2. The number of halogens is 1. The summed E-state index contributed by atoms with van der Waals surface area (Å²) in [6.45, 7) is 5.50. The maximum Gasteiger partial charge on any atom is 0.138 e. The molecule has 1 aliphatic heterocycles. The maximum atomic E-state index is 6.17. The van der Waals surface area contributed by atoms with E-state index in [1.54, 1.807) is 0 Å². The van der Waals surface area contributed by atoms with Crippen molar-refractivity contribution in [1.29, 1.82) is 0 Å². The number of nitrogens with zero attached hydrogens (tertiary/aromatic N) is 3. The first-order valence-electron chi connectivity index (χ1n) is 10.6. The van der Waals surface area contributed by atoms with E-state index in [-0.39, 0.29) is 0 Å². The van der Waals surface area contributed by atoms with Gasteiger partial charge in [-0.05, 0) is 82.1 Å². The van der Waals surface area contributed by atoms with Crippen LogP contribution in [0.2, 0.25) is 5.02 Å². The molecule has 2 aromatic heterocycles. The van der Waals surface area contributed by atoms with Crippen molar-refractivity contribution in [3.8, 4) is 11.4 Å². The van der Waals surface area contributed by atoms with Gasteiger partial charge in [0.1, 0.15) is 11.6 Å². The number of pyridine rings is 1. The van der Waals surface area contributed by atoms with Gasteiger partial charge >= 0.3 is 0 Å². The molecule has 0 amide bonds. The van der Waals surface area contributed by atoms with Gasteiger partial charge in [-0.15, -0.1) is 0 Å². The monoisotopic (exact) mass is 411 g/mol. The lowest BCUT2D eigenvalue weighted by Crippen LogP contribution is -2.30. The van der Waals surface area contributed by atoms with Gasteiger partial charge < -0.3 is 15.2 Å². The van der Waals surface area contributed by atoms with Crippen molar-refractivity contribution in [2.75, 3.05) is 32.0 Å². The van der Waals surface area contributed by atoms with Crippen LogP contribution in [-0.4, -0.2) is 46.5 Å². The summed E-state index contributed by atoms with van der Waals surface area (Å²) in [4.78, 5) is 15.0. The number of likely N-dealkylation sites (tertiary alicyclic amines) is 1. The van der Waals surface area contributed by atoms with Crippen LogP contribution in [0.4, 0.5) is 5.82 Å². The van der Waals surface area contributed by atoms with Crippen molar-refractivity contribution in [2.45, 2.75) is 39.0 Å². The summed E-state index contributed by atoms with van der Waals surface area (Å²) < 4.78 is 0. The van der Waals surface area contributed by atoms with Crippen LogP contribution in [0.3, 0.4) is 0 Å². The Kier molecular flexibility index (Phi) is 6.36. The molecule has 1 fully saturated rings. The molecule has 2 N–H and O–H groups in total. The molecule has 29 heavy (non-hydrogen) atoms. The molecule has 154 valence electrons. The van der Waals surface area contributed by atoms with Gasteiger partial charge in [-0.3, -0.25) is 0 Å². The fourth-order valence-corrected chi connectivity index (χ4v) is 4.46. The smallest absolute Gasteiger partial charge is 0.138 e. The number of aromatic amines is 1. The third-order valence-corrected chi connectivity index (χ3v) is 6.18. The van der Waals surface area contributed by atoms with Gasteiger partial charge in [0.15, 0.2) is 0 Å². The van der Waals surface area contributed by atoms with Crippen LogP contribution >= 0.6 is 11.6 Å². The Hall–Kier alpha value is -2.11. The molecule has 3 aromatic rings. The van der Waals surface area contributed by atoms with Crippen LogP contribution < -0.4 is 5.32 Å². The third kappa shape index (κ3) is 5.09. The molecule has 0 atom stereocenters. The van der Waals surface area contributed by atoms with Crippen LogP contribution in [-0.2, 0) is 0 Å². The highest BCUT2D eigenvalue weighted by Crippen LogP contribution is 2.26. The molecular weight excluding hydrogens is 382 g/mol. The number of anilines is 1. The number of nitrogens with one attached hydrogen (secondary N) is 2. The van der Waals surface area contributed by atoms with E-state index in [2.05, 4.69) is 33.3 Å². The molecule has 0 aliphatic carbocycles. The number of benzene rings is 1. The van der Waals surface area contributed by atoms with Crippen LogP contribution in [0.15, 0.2) is 30.5 Å². The minimum absolute atomic E-state index is 0.725. The number of H-pyrrole nitrogens is 1. The van der Waals surface area contributed by atoms with E-state index in [9.17, 15) is 0 Å². The second-order valence-corrected chi connectivity index (χ2v) is 8.74. The largest absolute Gasteiger partial charge is 0.370 e. The Morgan fingerprint density at radius 2 is 2.03 bits per heavy atom. The number of unbranched alkanes of at least 4 members (excludes halogenated alkanes) is 1. The van der Waals surface area contributed by atoms with Gasteiger partial charge in [-0.1, -0.05) is 24.4 Å². The van der Waals surface area contributed by atoms with Gasteiger partial charge in [0.2, 0.25) is 0 Å². The topological polar surface area (TPSA) is 56.8 Å². The zero-order valence-electron chi connectivity index (χ0n) is 17.3. The van der Waals surface area contributed by atoms with Crippen LogP contribution in [0.25, 0.3) is 22.4 Å². The molecule has 0 bridgehead atoms. The van der Waals surface area contributed by atoms with Crippen LogP contribution in [0.5, 0.6) is 0 Å². The first kappa shape index (κ1) is 20.2. The average Bonchev–Trinajstić information content (AvgIpc) is 3.14. The summed E-state index contributed by atoms with van der Waals surface area (Å²) in [6, 6.07) is 7.91. The fraction of sp³-hybridized carbons (Fsp3) is 0.478. The summed E-state index contributed by atoms with van der Waals surface area (Å²) in [5, 5.41) is 4.20. The molecule has 0 unspecified atom stereocenters. The number of rotatable bonds is 7. The number of imidazole rings is 1. The molecule has 6 heteroatoms. The molecule has 3 heterocycles. The summed E-state index contributed by atoms with van der Waals surface area (Å²) in [5.74, 6) is 2.66. The molecule has 0 saturated carbocycles. The second kappa shape index (κ2) is 9.14. The molecular formula is C23H30ClN5. The first-order chi connectivity index (χ1) is 14.1. The lowest BCUT2D eigenvalue weighted by atomic mass is 9.92. The van der Waals surface area contributed by atoms with Gasteiger partial charge in [0, 0.05) is 23.3 Å². The molecule has 0 radical (unpaired) electrons. The molecule has 1 aromatic carbocycles. The third-order valence-electron chi connectivity index (χ3n) is 5.96. The number of hydrogen-bond donors (Lipinski definition) is 2. The Labute approximate surface area is 177 Å². The van der Waals surface area contributed by atoms with E-state index >= 15 is 0 Å². The van der Waals surface area contributed by atoms with E-state index in [4.69, 9.17) is 16.6 Å². The highest BCUT2D eigenvalue weighted by molar-refractivity contribution is 6.31. The van der Waals surface area contributed by atoms with Crippen LogP contribution in [0, 0.1) is 12.8 Å². The van der Waals surface area contributed by atoms with Crippen molar-refractivity contribution >= 4 is 28.5 Å². The summed E-state index contributed by atoms with van der Waals surface area (Å²) >= 11 is 6.17. The number of piperidine rings is 1. The van der Waals surface area contributed by atoms with Crippen molar-refractivity contribution in [3.05, 3.63) is 41.0 Å². The normalized spacial score (nSPS) is 15.8. The SMILES string of the molecule is Cc1cc(Cl)cc2[nH]c(-c3ccnc(NCCCCC4CCN(C)CC4)c3)nc12. The minimum Gasteiger partial charge on any atom is -0.370 e. The second-order valence-electron chi connectivity index (χ2n) is 8.30. The maximum absolute atomic E-state index is 6.17. The Morgan fingerprint density at radius 1 is 1.21 bits per heavy atom. The van der Waals surface area contributed by atoms with Crippen molar-refractivity contribution < 1.29 is 0 Å². The van der Waals surface area contributed by atoms with Crippen molar-refractivity contribution in [2.24, 2.45) is 5.92 Å². The van der Waals surface area contributed by atoms with E-state index in [1.165, 1.54) is 45.2 Å². The van der Waals surface area contributed by atoms with Crippen molar-refractivity contribution in [3.63, 3.8) is 0 Å². The predicted octanol–water partition coefficient (Wildman–Crippen LogP) is 5.51. The number of hydrogen-bond acceptors (Lipinski definition) is 4. The first-order valence-corrected chi connectivity index (χ1v) is 11.0. The Balaban J connectivity index is 1.31. The van der Waals surface area contributed by atoms with Gasteiger partial charge in [0.25, 0.3) is 0 Å². The molecule has 1 aliphatic rings. The molecule has 5 nitrogen and oxygen atoms in total. The van der Waals surface area contributed by atoms with E-state index in [0.717, 1.165) is 51.3 Å². The van der Waals surface area contributed by atoms with E-state index in [1.807, 2.05) is 31.3 Å². The Bertz CT molecular complexity index is 959. The predicted molar refractivity (Wildman–Crippen MR) is 122 cm³/mol.